The van der Waals surface area contributed by atoms with E-state index in [1.54, 1.807) is 0 Å². The summed E-state index contributed by atoms with van der Waals surface area (Å²) >= 11 is 0. The Morgan fingerprint density at radius 2 is 1.70 bits per heavy atom. The van der Waals surface area contributed by atoms with E-state index in [9.17, 15) is 10.2 Å². The number of halogens is 1. The van der Waals surface area contributed by atoms with Crippen molar-refractivity contribution in [3.8, 4) is 17.2 Å². The SMILES string of the molecule is CCCC[C@@H](O)[C@@H](N)c1c(OC)cc(O)cc1OC.Cl. The second kappa shape index (κ2) is 8.89. The largest absolute Gasteiger partial charge is 0.508 e. The second-order valence-corrected chi connectivity index (χ2v) is 4.50. The number of aliphatic hydroxyl groups is 1. The van der Waals surface area contributed by atoms with Gasteiger partial charge in [-0.3, -0.25) is 0 Å². The number of benzene rings is 1. The molecule has 116 valence electrons. The lowest BCUT2D eigenvalue weighted by Gasteiger charge is -2.23. The van der Waals surface area contributed by atoms with Gasteiger partial charge in [-0.2, -0.15) is 0 Å². The molecule has 5 nitrogen and oxygen atoms in total. The van der Waals surface area contributed by atoms with Gasteiger partial charge in [0.15, 0.2) is 0 Å². The smallest absolute Gasteiger partial charge is 0.131 e. The number of methoxy groups -OCH3 is 2. The summed E-state index contributed by atoms with van der Waals surface area (Å²) in [5.41, 5.74) is 6.67. The maximum Gasteiger partial charge on any atom is 0.131 e. The molecular formula is C14H24ClNO4. The molecule has 0 aliphatic rings. The summed E-state index contributed by atoms with van der Waals surface area (Å²) in [6.07, 6.45) is 1.84. The first-order chi connectivity index (χ1) is 9.04. The molecule has 1 aromatic rings. The van der Waals surface area contributed by atoms with E-state index in [0.29, 0.717) is 23.5 Å². The summed E-state index contributed by atoms with van der Waals surface area (Å²) < 4.78 is 10.4. The van der Waals surface area contributed by atoms with Crippen molar-refractivity contribution in [2.45, 2.75) is 38.3 Å². The summed E-state index contributed by atoms with van der Waals surface area (Å²) in [4.78, 5) is 0. The van der Waals surface area contributed by atoms with Crippen molar-refractivity contribution in [1.29, 1.82) is 0 Å². The van der Waals surface area contributed by atoms with E-state index < -0.39 is 12.1 Å². The van der Waals surface area contributed by atoms with Gasteiger partial charge in [0, 0.05) is 12.1 Å². The van der Waals surface area contributed by atoms with Gasteiger partial charge in [-0.1, -0.05) is 19.8 Å². The van der Waals surface area contributed by atoms with Crippen LogP contribution in [0.4, 0.5) is 0 Å². The van der Waals surface area contributed by atoms with Gasteiger partial charge in [0.2, 0.25) is 0 Å². The first kappa shape index (κ1) is 18.8. The topological polar surface area (TPSA) is 84.9 Å². The molecule has 0 radical (unpaired) electrons. The molecule has 2 atom stereocenters. The van der Waals surface area contributed by atoms with Gasteiger partial charge >= 0.3 is 0 Å². The molecule has 0 aliphatic carbocycles. The van der Waals surface area contributed by atoms with Crippen molar-refractivity contribution >= 4 is 12.4 Å². The molecule has 0 fully saturated rings. The Hall–Kier alpha value is -1.17. The number of phenolic OH excluding ortho intramolecular Hbond substituents is 1. The first-order valence-electron chi connectivity index (χ1n) is 6.43. The predicted octanol–water partition coefficient (Wildman–Crippen LogP) is 2.38. The Kier molecular flexibility index (Phi) is 8.37. The molecule has 0 bridgehead atoms. The molecule has 20 heavy (non-hydrogen) atoms. The van der Waals surface area contributed by atoms with E-state index >= 15 is 0 Å². The van der Waals surface area contributed by atoms with Crippen LogP contribution in [0.5, 0.6) is 17.2 Å². The zero-order chi connectivity index (χ0) is 14.4. The van der Waals surface area contributed by atoms with Crippen LogP contribution in [0.1, 0.15) is 37.8 Å². The fourth-order valence-corrected chi connectivity index (χ4v) is 2.04. The third-order valence-corrected chi connectivity index (χ3v) is 3.13. The minimum Gasteiger partial charge on any atom is -0.508 e. The van der Waals surface area contributed by atoms with E-state index in [-0.39, 0.29) is 18.2 Å². The van der Waals surface area contributed by atoms with Crippen LogP contribution in [0.2, 0.25) is 0 Å². The molecule has 1 aromatic carbocycles. The summed E-state index contributed by atoms with van der Waals surface area (Å²) in [5, 5.41) is 19.7. The Labute approximate surface area is 126 Å². The summed E-state index contributed by atoms with van der Waals surface area (Å²) in [7, 11) is 2.98. The van der Waals surface area contributed by atoms with Crippen molar-refractivity contribution < 1.29 is 19.7 Å². The average Bonchev–Trinajstić information content (AvgIpc) is 2.42. The van der Waals surface area contributed by atoms with Crippen LogP contribution in [0.15, 0.2) is 12.1 Å². The van der Waals surface area contributed by atoms with Crippen molar-refractivity contribution in [1.82, 2.24) is 0 Å². The number of aliphatic hydroxyl groups excluding tert-OH is 1. The van der Waals surface area contributed by atoms with Crippen LogP contribution in [0.25, 0.3) is 0 Å². The molecule has 6 heteroatoms. The van der Waals surface area contributed by atoms with Gasteiger partial charge in [-0.25, -0.2) is 0 Å². The molecular weight excluding hydrogens is 282 g/mol. The number of nitrogens with two attached hydrogens (primary N) is 1. The fourth-order valence-electron chi connectivity index (χ4n) is 2.04. The monoisotopic (exact) mass is 305 g/mol. The average molecular weight is 306 g/mol. The summed E-state index contributed by atoms with van der Waals surface area (Å²) in [6, 6.07) is 2.31. The van der Waals surface area contributed by atoms with Crippen LogP contribution in [0.3, 0.4) is 0 Å². The molecule has 1 rings (SSSR count). The van der Waals surface area contributed by atoms with Gasteiger partial charge in [0.25, 0.3) is 0 Å². The number of hydrogen-bond donors (Lipinski definition) is 3. The number of phenols is 1. The Balaban J connectivity index is 0.00000361. The van der Waals surface area contributed by atoms with Gasteiger partial charge < -0.3 is 25.4 Å². The van der Waals surface area contributed by atoms with Crippen LogP contribution in [-0.4, -0.2) is 30.5 Å². The van der Waals surface area contributed by atoms with Gasteiger partial charge in [0.05, 0.1) is 31.9 Å². The minimum absolute atomic E-state index is 0. The number of ether oxygens (including phenoxy) is 2. The highest BCUT2D eigenvalue weighted by Crippen LogP contribution is 2.38. The molecule has 4 N–H and O–H groups in total. The number of rotatable bonds is 7. The third-order valence-electron chi connectivity index (χ3n) is 3.13. The Morgan fingerprint density at radius 3 is 2.10 bits per heavy atom. The van der Waals surface area contributed by atoms with Gasteiger partial charge in [-0.05, 0) is 6.42 Å². The molecule has 0 aromatic heterocycles. The zero-order valence-corrected chi connectivity index (χ0v) is 12.9. The standard InChI is InChI=1S/C14H23NO4.ClH/c1-4-5-6-10(17)14(15)13-11(18-2)7-9(16)8-12(13)19-3;/h7-8,10,14,16-17H,4-6,15H2,1-3H3;1H/t10-,14-;/m1./s1. The second-order valence-electron chi connectivity index (χ2n) is 4.50. The number of hydrogen-bond acceptors (Lipinski definition) is 5. The zero-order valence-electron chi connectivity index (χ0n) is 12.1. The van der Waals surface area contributed by atoms with Crippen molar-refractivity contribution in [3.05, 3.63) is 17.7 Å². The van der Waals surface area contributed by atoms with Crippen LogP contribution in [-0.2, 0) is 0 Å². The lowest BCUT2D eigenvalue weighted by Crippen LogP contribution is -2.27. The molecule has 0 saturated carbocycles. The predicted molar refractivity (Wildman–Crippen MR) is 80.9 cm³/mol. The molecule has 0 heterocycles. The van der Waals surface area contributed by atoms with E-state index in [2.05, 4.69) is 6.92 Å². The highest BCUT2D eigenvalue weighted by atomic mass is 35.5. The van der Waals surface area contributed by atoms with E-state index in [1.165, 1.54) is 26.4 Å². The summed E-state index contributed by atoms with van der Waals surface area (Å²) in [5.74, 6) is 0.868. The number of aromatic hydroxyl groups is 1. The lowest BCUT2D eigenvalue weighted by molar-refractivity contribution is 0.130. The minimum atomic E-state index is -0.674. The Morgan fingerprint density at radius 1 is 1.20 bits per heavy atom. The van der Waals surface area contributed by atoms with Crippen molar-refractivity contribution in [3.63, 3.8) is 0 Å². The van der Waals surface area contributed by atoms with Crippen LogP contribution >= 0.6 is 12.4 Å². The first-order valence-corrected chi connectivity index (χ1v) is 6.43. The van der Waals surface area contributed by atoms with Gasteiger partial charge in [0.1, 0.15) is 17.2 Å². The molecule has 0 spiro atoms. The molecule has 0 amide bonds. The molecule has 0 saturated heterocycles. The fraction of sp³-hybridized carbons (Fsp3) is 0.571. The highest BCUT2D eigenvalue weighted by molar-refractivity contribution is 5.85. The van der Waals surface area contributed by atoms with E-state index in [1.807, 2.05) is 0 Å². The maximum absolute atomic E-state index is 10.1. The van der Waals surface area contributed by atoms with Crippen molar-refractivity contribution in [2.24, 2.45) is 5.73 Å². The van der Waals surface area contributed by atoms with E-state index in [4.69, 9.17) is 15.2 Å². The van der Waals surface area contributed by atoms with E-state index in [0.717, 1.165) is 12.8 Å². The molecule has 0 unspecified atom stereocenters. The Bertz CT molecular complexity index is 389. The van der Waals surface area contributed by atoms with Crippen LogP contribution in [0, 0.1) is 0 Å². The highest BCUT2D eigenvalue weighted by Gasteiger charge is 2.24. The van der Waals surface area contributed by atoms with Crippen LogP contribution < -0.4 is 15.2 Å². The lowest BCUT2D eigenvalue weighted by atomic mass is 9.96. The van der Waals surface area contributed by atoms with Crippen molar-refractivity contribution in [2.75, 3.05) is 14.2 Å². The number of unbranched alkanes of at least 4 members (excludes halogenated alkanes) is 1. The quantitative estimate of drug-likeness (QED) is 0.720. The third kappa shape index (κ3) is 4.44. The summed E-state index contributed by atoms with van der Waals surface area (Å²) in [6.45, 7) is 2.06. The normalized spacial score (nSPS) is 13.2. The van der Waals surface area contributed by atoms with Gasteiger partial charge in [-0.15, -0.1) is 12.4 Å². The maximum atomic E-state index is 10.1. The molecule has 0 aliphatic heterocycles.